The van der Waals surface area contributed by atoms with E-state index in [1.165, 1.54) is 5.56 Å². The summed E-state index contributed by atoms with van der Waals surface area (Å²) in [5.74, 6) is -0.0911. The van der Waals surface area contributed by atoms with Gasteiger partial charge >= 0.3 is 0 Å². The van der Waals surface area contributed by atoms with Crippen molar-refractivity contribution >= 4 is 11.6 Å². The van der Waals surface area contributed by atoms with Crippen LogP contribution in [0.4, 0.5) is 5.69 Å². The Morgan fingerprint density at radius 2 is 1.55 bits per heavy atom. The number of anilines is 1. The zero-order chi connectivity index (χ0) is 15.7. The summed E-state index contributed by atoms with van der Waals surface area (Å²) in [6.07, 6.45) is 0.853. The van der Waals surface area contributed by atoms with Crippen LogP contribution in [-0.2, 0) is 6.42 Å². The number of nitrogens with one attached hydrogen (secondary N) is 1. The van der Waals surface area contributed by atoms with Crippen molar-refractivity contribution in [2.45, 2.75) is 34.6 Å². The summed E-state index contributed by atoms with van der Waals surface area (Å²) in [7, 11) is 0. The van der Waals surface area contributed by atoms with Gasteiger partial charge in [0.05, 0.1) is 0 Å². The highest BCUT2D eigenvalue weighted by Gasteiger charge is 2.05. The lowest BCUT2D eigenvalue weighted by Gasteiger charge is -2.06. The number of rotatable bonds is 4. The molecule has 0 fully saturated rings. The van der Waals surface area contributed by atoms with Gasteiger partial charge in [-0.2, -0.15) is 0 Å². The molecule has 0 saturated heterocycles. The Bertz CT molecular complexity index is 545. The predicted molar refractivity (Wildman–Crippen MR) is 96.4 cm³/mol. The Morgan fingerprint density at radius 3 is 2.05 bits per heavy atom. The van der Waals surface area contributed by atoms with E-state index < -0.39 is 0 Å². The molecule has 3 heteroatoms. The standard InChI is InChI=1S/C16H18N2O.C2H6.CH4/c1-12-2-6-14(7-3-12)16(19)18-15-8-4-13(5-9-15)10-11-17;1-2;/h2-9H,10-11,17H2,1H3,(H,18,19);1-2H3;1H4. The molecule has 0 radical (unpaired) electrons. The molecule has 3 N–H and O–H groups in total. The normalized spacial score (nSPS) is 9.09. The summed E-state index contributed by atoms with van der Waals surface area (Å²) in [5, 5.41) is 2.88. The number of benzene rings is 2. The molecule has 3 nitrogen and oxygen atoms in total. The van der Waals surface area contributed by atoms with Gasteiger partial charge in [0.2, 0.25) is 0 Å². The van der Waals surface area contributed by atoms with Gasteiger partial charge in [0.15, 0.2) is 0 Å². The highest BCUT2D eigenvalue weighted by molar-refractivity contribution is 6.04. The van der Waals surface area contributed by atoms with E-state index in [0.717, 1.165) is 17.7 Å². The fourth-order valence-electron chi connectivity index (χ4n) is 1.83. The summed E-state index contributed by atoms with van der Waals surface area (Å²) < 4.78 is 0. The van der Waals surface area contributed by atoms with Crippen LogP contribution >= 0.6 is 0 Å². The fraction of sp³-hybridized carbons (Fsp3) is 0.316. The van der Waals surface area contributed by atoms with Gasteiger partial charge in [-0.05, 0) is 49.7 Å². The lowest BCUT2D eigenvalue weighted by molar-refractivity contribution is 0.102. The van der Waals surface area contributed by atoms with E-state index in [2.05, 4.69) is 5.32 Å². The van der Waals surface area contributed by atoms with Crippen LogP contribution < -0.4 is 11.1 Å². The largest absolute Gasteiger partial charge is 0.330 e. The van der Waals surface area contributed by atoms with Crippen LogP contribution in [0.2, 0.25) is 0 Å². The molecular weight excluding hydrogens is 272 g/mol. The average Bonchev–Trinajstić information content (AvgIpc) is 2.52. The molecule has 1 amide bonds. The van der Waals surface area contributed by atoms with Crippen molar-refractivity contribution in [3.05, 3.63) is 65.2 Å². The quantitative estimate of drug-likeness (QED) is 0.878. The molecule has 0 bridgehead atoms. The van der Waals surface area contributed by atoms with Crippen LogP contribution in [0.15, 0.2) is 48.5 Å². The van der Waals surface area contributed by atoms with Gasteiger partial charge in [-0.15, -0.1) is 0 Å². The van der Waals surface area contributed by atoms with Crippen LogP contribution in [0.1, 0.15) is 42.8 Å². The topological polar surface area (TPSA) is 55.1 Å². The zero-order valence-corrected chi connectivity index (χ0v) is 13.0. The SMILES string of the molecule is C.CC.Cc1ccc(C(=O)Nc2ccc(CCN)cc2)cc1. The fourth-order valence-corrected chi connectivity index (χ4v) is 1.83. The Morgan fingerprint density at radius 1 is 1.00 bits per heavy atom. The van der Waals surface area contributed by atoms with Crippen molar-refractivity contribution in [3.63, 3.8) is 0 Å². The number of carbonyl (C=O) groups is 1. The first-order valence-electron chi connectivity index (χ1n) is 7.36. The summed E-state index contributed by atoms with van der Waals surface area (Å²) in [5.41, 5.74) is 9.28. The Kier molecular flexibility index (Phi) is 9.55. The smallest absolute Gasteiger partial charge is 0.255 e. The van der Waals surface area contributed by atoms with Crippen LogP contribution in [0.25, 0.3) is 0 Å². The van der Waals surface area contributed by atoms with Gasteiger partial charge in [0.1, 0.15) is 0 Å². The van der Waals surface area contributed by atoms with Gasteiger partial charge in [0, 0.05) is 11.3 Å². The van der Waals surface area contributed by atoms with E-state index in [4.69, 9.17) is 5.73 Å². The van der Waals surface area contributed by atoms with Crippen molar-refractivity contribution in [2.24, 2.45) is 5.73 Å². The van der Waals surface area contributed by atoms with Crippen LogP contribution in [0.5, 0.6) is 0 Å². The first-order valence-corrected chi connectivity index (χ1v) is 7.36. The lowest BCUT2D eigenvalue weighted by atomic mass is 10.1. The van der Waals surface area contributed by atoms with Gasteiger partial charge in [-0.25, -0.2) is 0 Å². The number of aryl methyl sites for hydroxylation is 1. The van der Waals surface area contributed by atoms with E-state index >= 15 is 0 Å². The van der Waals surface area contributed by atoms with Gasteiger partial charge in [-0.1, -0.05) is 51.1 Å². The first-order chi connectivity index (χ1) is 10.2. The minimum absolute atomic E-state index is 0. The molecular formula is C19H28N2O. The highest BCUT2D eigenvalue weighted by atomic mass is 16.1. The van der Waals surface area contributed by atoms with Crippen LogP contribution in [-0.4, -0.2) is 12.5 Å². The van der Waals surface area contributed by atoms with Gasteiger partial charge in [0.25, 0.3) is 5.91 Å². The van der Waals surface area contributed by atoms with Crippen LogP contribution in [0.3, 0.4) is 0 Å². The molecule has 0 aliphatic rings. The molecule has 22 heavy (non-hydrogen) atoms. The van der Waals surface area contributed by atoms with Gasteiger partial charge < -0.3 is 11.1 Å². The molecule has 0 atom stereocenters. The molecule has 2 aromatic rings. The summed E-state index contributed by atoms with van der Waals surface area (Å²) in [6.45, 7) is 6.63. The second kappa shape index (κ2) is 10.6. The second-order valence-electron chi connectivity index (χ2n) is 4.56. The minimum Gasteiger partial charge on any atom is -0.330 e. The lowest BCUT2D eigenvalue weighted by Crippen LogP contribution is -2.11. The van der Waals surface area contributed by atoms with Crippen molar-refractivity contribution < 1.29 is 4.79 Å². The summed E-state index contributed by atoms with van der Waals surface area (Å²) in [6, 6.07) is 15.3. The Hall–Kier alpha value is -2.13. The molecule has 0 spiro atoms. The van der Waals surface area contributed by atoms with E-state index in [0.29, 0.717) is 12.1 Å². The van der Waals surface area contributed by atoms with Crippen molar-refractivity contribution in [1.82, 2.24) is 0 Å². The highest BCUT2D eigenvalue weighted by Crippen LogP contribution is 2.12. The third kappa shape index (κ3) is 6.10. The van der Waals surface area contributed by atoms with E-state index in [1.54, 1.807) is 0 Å². The third-order valence-electron chi connectivity index (χ3n) is 2.96. The van der Waals surface area contributed by atoms with Crippen molar-refractivity contribution in [1.29, 1.82) is 0 Å². The van der Waals surface area contributed by atoms with E-state index in [-0.39, 0.29) is 13.3 Å². The van der Waals surface area contributed by atoms with E-state index in [1.807, 2.05) is 69.3 Å². The molecule has 0 saturated carbocycles. The number of nitrogens with two attached hydrogens (primary N) is 1. The minimum atomic E-state index is -0.0911. The number of hydrogen-bond donors (Lipinski definition) is 2. The maximum absolute atomic E-state index is 12.0. The number of carbonyl (C=O) groups excluding carboxylic acids is 1. The maximum atomic E-state index is 12.0. The molecule has 0 aromatic heterocycles. The Balaban J connectivity index is 0.00000141. The summed E-state index contributed by atoms with van der Waals surface area (Å²) >= 11 is 0. The zero-order valence-electron chi connectivity index (χ0n) is 13.0. The molecule has 0 heterocycles. The number of hydrogen-bond acceptors (Lipinski definition) is 2. The second-order valence-corrected chi connectivity index (χ2v) is 4.56. The molecule has 2 rings (SSSR count). The molecule has 120 valence electrons. The van der Waals surface area contributed by atoms with Crippen LogP contribution in [0, 0.1) is 6.92 Å². The third-order valence-corrected chi connectivity index (χ3v) is 2.96. The molecule has 0 aliphatic carbocycles. The summed E-state index contributed by atoms with van der Waals surface area (Å²) in [4.78, 5) is 12.0. The van der Waals surface area contributed by atoms with E-state index in [9.17, 15) is 4.79 Å². The van der Waals surface area contributed by atoms with Crippen molar-refractivity contribution in [3.8, 4) is 0 Å². The Labute approximate surface area is 134 Å². The first kappa shape index (κ1) is 19.9. The molecule has 0 unspecified atom stereocenters. The van der Waals surface area contributed by atoms with Crippen molar-refractivity contribution in [2.75, 3.05) is 11.9 Å². The predicted octanol–water partition coefficient (Wildman–Crippen LogP) is 4.41. The number of amides is 1. The maximum Gasteiger partial charge on any atom is 0.255 e. The monoisotopic (exact) mass is 300 g/mol. The van der Waals surface area contributed by atoms with Gasteiger partial charge in [-0.3, -0.25) is 4.79 Å². The average molecular weight is 300 g/mol. The molecule has 2 aromatic carbocycles. The molecule has 0 aliphatic heterocycles.